The van der Waals surface area contributed by atoms with Crippen molar-refractivity contribution in [3.8, 4) is 0 Å². The fourth-order valence-corrected chi connectivity index (χ4v) is 1.86. The summed E-state index contributed by atoms with van der Waals surface area (Å²) in [5, 5.41) is 6.74. The van der Waals surface area contributed by atoms with Gasteiger partial charge in [-0.1, -0.05) is 12.8 Å². The summed E-state index contributed by atoms with van der Waals surface area (Å²) in [6, 6.07) is 0. The fourth-order valence-electron chi connectivity index (χ4n) is 1.86. The summed E-state index contributed by atoms with van der Waals surface area (Å²) in [7, 11) is 0. The van der Waals surface area contributed by atoms with Crippen LogP contribution in [0, 0.1) is 0 Å². The summed E-state index contributed by atoms with van der Waals surface area (Å²) in [4.78, 5) is 22.3. The van der Waals surface area contributed by atoms with E-state index < -0.39 is 11.5 Å². The first-order valence-electron chi connectivity index (χ1n) is 6.23. The molecule has 0 saturated heterocycles. The van der Waals surface area contributed by atoms with E-state index in [0.29, 0.717) is 13.1 Å². The summed E-state index contributed by atoms with van der Waals surface area (Å²) in [5.74, 6) is -0.935. The summed E-state index contributed by atoms with van der Waals surface area (Å²) in [6.07, 6.45) is 3.27. The van der Waals surface area contributed by atoms with Gasteiger partial charge >= 0.3 is 11.5 Å². The molecule has 0 amide bonds. The van der Waals surface area contributed by atoms with Gasteiger partial charge in [0.05, 0.1) is 0 Å². The van der Waals surface area contributed by atoms with Gasteiger partial charge in [0, 0.05) is 13.1 Å². The third kappa shape index (κ3) is 3.08. The van der Waals surface area contributed by atoms with Crippen LogP contribution < -0.4 is 23.0 Å². The quantitative estimate of drug-likeness (QED) is 0.641. The van der Waals surface area contributed by atoms with E-state index in [1.807, 2.05) is 0 Å². The normalized spacial score (nSPS) is 11.0. The van der Waals surface area contributed by atoms with Crippen molar-refractivity contribution >= 4 is 11.9 Å². The van der Waals surface area contributed by atoms with Gasteiger partial charge in [-0.3, -0.25) is 9.05 Å². The number of hydrogen-bond donors (Lipinski definition) is 2. The predicted octanol–water partition coefficient (Wildman–Crippen LogP) is -0.589. The molecule has 0 radical (unpaired) electrons. The van der Waals surface area contributed by atoms with Gasteiger partial charge in [0.1, 0.15) is 0 Å². The molecule has 0 aliphatic heterocycles. The fraction of sp³-hybridized carbons (Fsp3) is 0.600. The second kappa shape index (κ2) is 6.08. The lowest BCUT2D eigenvalue weighted by atomic mass is 10.2. The third-order valence-electron chi connectivity index (χ3n) is 2.94. The Kier molecular flexibility index (Phi) is 4.23. The molecule has 0 aliphatic rings. The lowest BCUT2D eigenvalue weighted by Crippen LogP contribution is -2.17. The molecule has 0 bridgehead atoms. The van der Waals surface area contributed by atoms with Crippen molar-refractivity contribution in [1.29, 1.82) is 0 Å². The second-order valence-corrected chi connectivity index (χ2v) is 4.33. The van der Waals surface area contributed by atoms with E-state index in [0.717, 1.165) is 25.7 Å². The number of rotatable bonds is 7. The van der Waals surface area contributed by atoms with Gasteiger partial charge in [-0.15, -0.1) is 0 Å². The first kappa shape index (κ1) is 13.9. The highest BCUT2D eigenvalue weighted by molar-refractivity contribution is 5.11. The molecule has 10 heteroatoms. The van der Waals surface area contributed by atoms with Crippen molar-refractivity contribution in [2.45, 2.75) is 38.8 Å². The molecule has 110 valence electrons. The lowest BCUT2D eigenvalue weighted by molar-refractivity contribution is 0.371. The van der Waals surface area contributed by atoms with Crippen molar-refractivity contribution in [3.05, 3.63) is 21.1 Å². The Morgan fingerprint density at radius 2 is 1.20 bits per heavy atom. The Balaban J connectivity index is 1.68. The van der Waals surface area contributed by atoms with Gasteiger partial charge in [0.2, 0.25) is 11.9 Å². The molecule has 0 atom stereocenters. The molecule has 2 heterocycles. The minimum Gasteiger partial charge on any atom is -0.367 e. The van der Waals surface area contributed by atoms with Crippen LogP contribution >= 0.6 is 0 Å². The number of nitrogens with zero attached hydrogens (tertiary/aromatic N) is 4. The first-order valence-corrected chi connectivity index (χ1v) is 6.23. The number of hydrogen-bond acceptors (Lipinski definition) is 8. The van der Waals surface area contributed by atoms with Gasteiger partial charge in [-0.05, 0) is 23.2 Å². The van der Waals surface area contributed by atoms with Crippen LogP contribution in [0.15, 0.2) is 18.6 Å². The van der Waals surface area contributed by atoms with E-state index in [2.05, 4.69) is 19.4 Å². The number of aromatic nitrogens is 4. The van der Waals surface area contributed by atoms with Crippen LogP contribution in [0.25, 0.3) is 0 Å². The Hall–Kier alpha value is -2.52. The van der Waals surface area contributed by atoms with Crippen LogP contribution in [0.3, 0.4) is 0 Å². The summed E-state index contributed by atoms with van der Waals surface area (Å²) < 4.78 is 11.4. The zero-order valence-corrected chi connectivity index (χ0v) is 10.8. The molecule has 0 fully saturated rings. The molecule has 0 unspecified atom stereocenters. The largest absolute Gasteiger partial charge is 0.443 e. The molecular formula is C10H16N6O4. The number of nitrogens with two attached hydrogens (primary N) is 2. The van der Waals surface area contributed by atoms with E-state index in [1.54, 1.807) is 0 Å². The summed E-state index contributed by atoms with van der Waals surface area (Å²) >= 11 is 0. The molecule has 4 N–H and O–H groups in total. The van der Waals surface area contributed by atoms with Gasteiger partial charge in [0.25, 0.3) is 0 Å². The van der Waals surface area contributed by atoms with E-state index in [1.165, 1.54) is 9.13 Å². The van der Waals surface area contributed by atoms with Crippen molar-refractivity contribution in [2.24, 2.45) is 0 Å². The Bertz CT molecular complexity index is 608. The SMILES string of the molecule is Nc1noc(=O)n1CCCCCCn1c(N)noc1=O. The van der Waals surface area contributed by atoms with Crippen molar-refractivity contribution in [3.63, 3.8) is 0 Å². The van der Waals surface area contributed by atoms with Crippen molar-refractivity contribution in [2.75, 3.05) is 11.5 Å². The first-order chi connectivity index (χ1) is 9.59. The molecular weight excluding hydrogens is 268 g/mol. The minimum absolute atomic E-state index is 0.0822. The smallest absolute Gasteiger partial charge is 0.367 e. The van der Waals surface area contributed by atoms with Crippen LogP contribution in [0.5, 0.6) is 0 Å². The monoisotopic (exact) mass is 284 g/mol. The number of anilines is 2. The van der Waals surface area contributed by atoms with Crippen molar-refractivity contribution in [1.82, 2.24) is 19.4 Å². The Morgan fingerprint density at radius 1 is 0.800 bits per heavy atom. The van der Waals surface area contributed by atoms with Gasteiger partial charge < -0.3 is 11.5 Å². The maximum Gasteiger partial charge on any atom is 0.443 e. The van der Waals surface area contributed by atoms with Crippen LogP contribution in [0.1, 0.15) is 25.7 Å². The molecule has 20 heavy (non-hydrogen) atoms. The van der Waals surface area contributed by atoms with Crippen LogP contribution in [-0.2, 0) is 13.1 Å². The molecule has 2 aromatic heterocycles. The summed E-state index contributed by atoms with van der Waals surface area (Å²) in [5.41, 5.74) is 10.9. The Morgan fingerprint density at radius 3 is 1.50 bits per heavy atom. The maximum atomic E-state index is 11.2. The maximum absolute atomic E-state index is 11.2. The highest BCUT2D eigenvalue weighted by Crippen LogP contribution is 2.05. The molecule has 0 spiro atoms. The lowest BCUT2D eigenvalue weighted by Gasteiger charge is -2.03. The van der Waals surface area contributed by atoms with Crippen LogP contribution in [0.4, 0.5) is 11.9 Å². The summed E-state index contributed by atoms with van der Waals surface area (Å²) in [6.45, 7) is 0.924. The highest BCUT2D eigenvalue weighted by atomic mass is 16.5. The highest BCUT2D eigenvalue weighted by Gasteiger charge is 2.07. The van der Waals surface area contributed by atoms with Crippen LogP contribution in [-0.4, -0.2) is 19.4 Å². The molecule has 10 nitrogen and oxygen atoms in total. The average Bonchev–Trinajstić information content (AvgIpc) is 2.90. The van der Waals surface area contributed by atoms with E-state index in [4.69, 9.17) is 11.5 Å². The topological polar surface area (TPSA) is 148 Å². The average molecular weight is 284 g/mol. The minimum atomic E-state index is -0.550. The molecule has 2 aromatic rings. The van der Waals surface area contributed by atoms with Crippen LogP contribution in [0.2, 0.25) is 0 Å². The van der Waals surface area contributed by atoms with Gasteiger partial charge in [0.15, 0.2) is 0 Å². The second-order valence-electron chi connectivity index (χ2n) is 4.33. The number of unbranched alkanes of at least 4 members (excludes halogenated alkanes) is 3. The molecule has 0 aromatic carbocycles. The van der Waals surface area contributed by atoms with E-state index in [-0.39, 0.29) is 11.9 Å². The van der Waals surface area contributed by atoms with Crippen molar-refractivity contribution < 1.29 is 9.05 Å². The van der Waals surface area contributed by atoms with E-state index >= 15 is 0 Å². The molecule has 0 aliphatic carbocycles. The Labute approximate surface area is 112 Å². The zero-order chi connectivity index (χ0) is 14.5. The van der Waals surface area contributed by atoms with E-state index in [9.17, 15) is 9.59 Å². The zero-order valence-electron chi connectivity index (χ0n) is 10.8. The molecule has 0 saturated carbocycles. The molecule has 2 rings (SSSR count). The predicted molar refractivity (Wildman–Crippen MR) is 68.8 cm³/mol. The van der Waals surface area contributed by atoms with Gasteiger partial charge in [-0.25, -0.2) is 18.7 Å². The number of nitrogen functional groups attached to an aromatic ring is 2. The van der Waals surface area contributed by atoms with Gasteiger partial charge in [-0.2, -0.15) is 0 Å². The third-order valence-corrected chi connectivity index (χ3v) is 2.94. The standard InChI is InChI=1S/C10H16N6O4/c11-7-13-19-9(17)15(7)5-3-1-2-4-6-16-8(12)14-20-10(16)18/h1-6H2,(H2,11,13)(H2,12,14).